The molecule has 2 aromatic carbocycles. The van der Waals surface area contributed by atoms with Crippen LogP contribution in [0.5, 0.6) is 11.5 Å². The van der Waals surface area contributed by atoms with Gasteiger partial charge in [-0.05, 0) is 50.6 Å². The first-order chi connectivity index (χ1) is 10.4. The van der Waals surface area contributed by atoms with Crippen molar-refractivity contribution in [3.63, 3.8) is 0 Å². The molecule has 0 aliphatic rings. The van der Waals surface area contributed by atoms with Crippen molar-refractivity contribution in [2.45, 2.75) is 32.9 Å². The number of benzene rings is 2. The van der Waals surface area contributed by atoms with Gasteiger partial charge in [-0.25, -0.2) is 4.99 Å². The summed E-state index contributed by atoms with van der Waals surface area (Å²) in [6.45, 7) is 6.68. The van der Waals surface area contributed by atoms with E-state index in [0.717, 1.165) is 17.1 Å². The topological polar surface area (TPSA) is 59.6 Å². The van der Waals surface area contributed by atoms with Crippen LogP contribution in [0.25, 0.3) is 0 Å². The van der Waals surface area contributed by atoms with Gasteiger partial charge in [0, 0.05) is 5.54 Å². The Hall–Kier alpha value is -1.76. The van der Waals surface area contributed by atoms with Crippen molar-refractivity contribution in [1.82, 2.24) is 5.32 Å². The molecule has 0 aromatic heterocycles. The summed E-state index contributed by atoms with van der Waals surface area (Å²) in [7, 11) is 0. The molecule has 2 rings (SSSR count). The fourth-order valence-corrected chi connectivity index (χ4v) is 1.89. The Morgan fingerprint density at radius 1 is 1.00 bits per heavy atom. The molecule has 0 amide bonds. The predicted octanol–water partition coefficient (Wildman–Crippen LogP) is 4.30. The molecule has 0 spiro atoms. The third-order valence-corrected chi connectivity index (χ3v) is 2.84. The van der Waals surface area contributed by atoms with Gasteiger partial charge in [0.2, 0.25) is 0 Å². The van der Waals surface area contributed by atoms with Crippen LogP contribution in [0, 0.1) is 0 Å². The van der Waals surface area contributed by atoms with Crippen molar-refractivity contribution in [3.8, 4) is 11.5 Å². The van der Waals surface area contributed by atoms with Crippen molar-refractivity contribution < 1.29 is 4.74 Å². The zero-order chi connectivity index (χ0) is 16.0. The summed E-state index contributed by atoms with van der Waals surface area (Å²) in [6, 6.07) is 17.6. The third-order valence-electron chi connectivity index (χ3n) is 2.84. The maximum absolute atomic E-state index is 5.85. The van der Waals surface area contributed by atoms with Crippen LogP contribution in [0.2, 0.25) is 0 Å². The molecule has 0 radical (unpaired) electrons. The zero-order valence-corrected chi connectivity index (χ0v) is 16.1. The Morgan fingerprint density at radius 2 is 1.57 bits per heavy atom. The fraction of sp³-hybridized carbons (Fsp3) is 0.278. The molecule has 0 fully saturated rings. The minimum atomic E-state index is -0.0824. The number of ether oxygens (including phenoxy) is 1. The van der Waals surface area contributed by atoms with Crippen LogP contribution < -0.4 is 15.8 Å². The fourth-order valence-electron chi connectivity index (χ4n) is 1.89. The monoisotopic (exact) mass is 425 g/mol. The van der Waals surface area contributed by atoms with E-state index in [-0.39, 0.29) is 29.5 Å². The number of hydrogen-bond donors (Lipinski definition) is 2. The number of halogens is 1. The van der Waals surface area contributed by atoms with Crippen LogP contribution in [-0.2, 0) is 6.54 Å². The number of hydrogen-bond acceptors (Lipinski definition) is 2. The van der Waals surface area contributed by atoms with E-state index >= 15 is 0 Å². The van der Waals surface area contributed by atoms with E-state index in [4.69, 9.17) is 10.5 Å². The van der Waals surface area contributed by atoms with Crippen molar-refractivity contribution in [2.75, 3.05) is 0 Å². The van der Waals surface area contributed by atoms with Gasteiger partial charge in [0.1, 0.15) is 11.5 Å². The third kappa shape index (κ3) is 7.36. The van der Waals surface area contributed by atoms with Crippen molar-refractivity contribution in [1.29, 1.82) is 0 Å². The lowest BCUT2D eigenvalue weighted by molar-refractivity contribution is 0.482. The van der Waals surface area contributed by atoms with E-state index in [1.165, 1.54) is 0 Å². The summed E-state index contributed by atoms with van der Waals surface area (Å²) in [6.07, 6.45) is 0. The van der Waals surface area contributed by atoms with Gasteiger partial charge < -0.3 is 15.8 Å². The van der Waals surface area contributed by atoms with Gasteiger partial charge in [0.25, 0.3) is 0 Å². The predicted molar refractivity (Wildman–Crippen MR) is 107 cm³/mol. The molecular weight excluding hydrogens is 401 g/mol. The molecule has 0 aliphatic heterocycles. The molecule has 0 saturated heterocycles. The molecule has 2 aromatic rings. The number of nitrogens with one attached hydrogen (secondary N) is 1. The van der Waals surface area contributed by atoms with Gasteiger partial charge in [0.05, 0.1) is 6.54 Å². The molecule has 5 heteroatoms. The molecule has 0 aliphatic carbocycles. The number of rotatable bonds is 4. The number of para-hydroxylation sites is 1. The average molecular weight is 425 g/mol. The Bertz CT molecular complexity index is 619. The normalized spacial score (nSPS) is 11.5. The zero-order valence-electron chi connectivity index (χ0n) is 13.7. The van der Waals surface area contributed by atoms with E-state index in [1.807, 2.05) is 75.4 Å². The summed E-state index contributed by atoms with van der Waals surface area (Å²) in [5.41, 5.74) is 6.85. The summed E-state index contributed by atoms with van der Waals surface area (Å²) in [4.78, 5) is 4.34. The highest BCUT2D eigenvalue weighted by atomic mass is 127. The maximum Gasteiger partial charge on any atom is 0.189 e. The van der Waals surface area contributed by atoms with Crippen LogP contribution >= 0.6 is 24.0 Å². The molecule has 4 nitrogen and oxygen atoms in total. The number of nitrogens with zero attached hydrogens (tertiary/aromatic N) is 1. The molecule has 0 atom stereocenters. The lowest BCUT2D eigenvalue weighted by atomic mass is 10.1. The van der Waals surface area contributed by atoms with Crippen molar-refractivity contribution >= 4 is 29.9 Å². The van der Waals surface area contributed by atoms with E-state index < -0.39 is 0 Å². The van der Waals surface area contributed by atoms with Gasteiger partial charge in [0.15, 0.2) is 5.96 Å². The van der Waals surface area contributed by atoms with E-state index in [9.17, 15) is 0 Å². The molecule has 0 bridgehead atoms. The SMILES string of the molecule is CC(C)(C)NC(N)=NCc1ccc(Oc2ccccc2)cc1.I. The van der Waals surface area contributed by atoms with Gasteiger partial charge >= 0.3 is 0 Å². The Kier molecular flexibility index (Phi) is 7.35. The summed E-state index contributed by atoms with van der Waals surface area (Å²) in [5.74, 6) is 2.09. The van der Waals surface area contributed by atoms with Crippen molar-refractivity contribution in [2.24, 2.45) is 10.7 Å². The summed E-state index contributed by atoms with van der Waals surface area (Å²) in [5, 5.41) is 3.14. The molecule has 0 saturated carbocycles. The number of nitrogens with two attached hydrogens (primary N) is 1. The van der Waals surface area contributed by atoms with E-state index in [2.05, 4.69) is 10.3 Å². The highest BCUT2D eigenvalue weighted by Crippen LogP contribution is 2.21. The van der Waals surface area contributed by atoms with Crippen molar-refractivity contribution in [3.05, 3.63) is 60.2 Å². The Balaban J connectivity index is 0.00000264. The molecule has 3 N–H and O–H groups in total. The second-order valence-electron chi connectivity index (χ2n) is 6.14. The molecule has 23 heavy (non-hydrogen) atoms. The van der Waals surface area contributed by atoms with Crippen LogP contribution in [-0.4, -0.2) is 11.5 Å². The first-order valence-electron chi connectivity index (χ1n) is 7.32. The molecule has 0 heterocycles. The van der Waals surface area contributed by atoms with Crippen LogP contribution in [0.3, 0.4) is 0 Å². The lowest BCUT2D eigenvalue weighted by Gasteiger charge is -2.20. The highest BCUT2D eigenvalue weighted by molar-refractivity contribution is 14.0. The van der Waals surface area contributed by atoms with Crippen LogP contribution in [0.1, 0.15) is 26.3 Å². The number of guanidine groups is 1. The Morgan fingerprint density at radius 3 is 2.13 bits per heavy atom. The van der Waals surface area contributed by atoms with Crippen LogP contribution in [0.4, 0.5) is 0 Å². The van der Waals surface area contributed by atoms with Gasteiger partial charge in [-0.15, -0.1) is 24.0 Å². The van der Waals surface area contributed by atoms with E-state index in [1.54, 1.807) is 0 Å². The lowest BCUT2D eigenvalue weighted by Crippen LogP contribution is -2.44. The summed E-state index contributed by atoms with van der Waals surface area (Å²) >= 11 is 0. The quantitative estimate of drug-likeness (QED) is 0.436. The molecule has 0 unspecified atom stereocenters. The maximum atomic E-state index is 5.85. The summed E-state index contributed by atoms with van der Waals surface area (Å²) < 4.78 is 5.75. The van der Waals surface area contributed by atoms with Crippen LogP contribution in [0.15, 0.2) is 59.6 Å². The van der Waals surface area contributed by atoms with E-state index in [0.29, 0.717) is 12.5 Å². The molecule has 124 valence electrons. The second kappa shape index (κ2) is 8.76. The highest BCUT2D eigenvalue weighted by Gasteiger charge is 2.09. The molecular formula is C18H24IN3O. The second-order valence-corrected chi connectivity index (χ2v) is 6.14. The van der Waals surface area contributed by atoms with Gasteiger partial charge in [-0.3, -0.25) is 0 Å². The Labute approximate surface area is 155 Å². The largest absolute Gasteiger partial charge is 0.457 e. The first kappa shape index (κ1) is 19.3. The standard InChI is InChI=1S/C18H23N3O.HI/c1-18(2,3)21-17(19)20-13-14-9-11-16(12-10-14)22-15-7-5-4-6-8-15;/h4-12H,13H2,1-3H3,(H3,19,20,21);1H. The first-order valence-corrected chi connectivity index (χ1v) is 7.32. The van der Waals surface area contributed by atoms with Gasteiger partial charge in [-0.1, -0.05) is 30.3 Å². The minimum absolute atomic E-state index is 0. The number of aliphatic imine (C=N–C) groups is 1. The van der Waals surface area contributed by atoms with Gasteiger partial charge in [-0.2, -0.15) is 0 Å². The minimum Gasteiger partial charge on any atom is -0.457 e. The smallest absolute Gasteiger partial charge is 0.189 e. The average Bonchev–Trinajstić information content (AvgIpc) is 2.46.